The van der Waals surface area contributed by atoms with Gasteiger partial charge >= 0.3 is 0 Å². The van der Waals surface area contributed by atoms with Crippen LogP contribution < -0.4 is 4.72 Å². The zero-order valence-corrected chi connectivity index (χ0v) is 20.9. The fourth-order valence-corrected chi connectivity index (χ4v) is 4.86. The maximum Gasteiger partial charge on any atom is 0.250 e. The molecule has 2 aliphatic rings. The minimum Gasteiger partial charge on any atom is -0.306 e. The highest BCUT2D eigenvalue weighted by Crippen LogP contribution is 2.30. The number of carbonyl (C=O) groups is 1. The van der Waals surface area contributed by atoms with E-state index in [1.54, 1.807) is 22.9 Å². The van der Waals surface area contributed by atoms with Gasteiger partial charge in [0.2, 0.25) is 10.0 Å². The van der Waals surface area contributed by atoms with Gasteiger partial charge in [0.05, 0.1) is 29.0 Å². The number of alkyl halides is 2. The zero-order chi connectivity index (χ0) is 25.6. The lowest BCUT2D eigenvalue weighted by Crippen LogP contribution is -2.36. The van der Waals surface area contributed by atoms with E-state index in [9.17, 15) is 22.0 Å². The predicted molar refractivity (Wildman–Crippen MR) is 133 cm³/mol. The average Bonchev–Trinajstić information content (AvgIpc) is 3.63. The lowest BCUT2D eigenvalue weighted by molar-refractivity contribution is -0.0504. The van der Waals surface area contributed by atoms with Crippen molar-refractivity contribution in [3.05, 3.63) is 48.5 Å². The number of pyridine rings is 2. The Balaban J connectivity index is 0.000000262. The van der Waals surface area contributed by atoms with Crippen molar-refractivity contribution in [2.75, 3.05) is 24.9 Å². The molecule has 1 N–H and O–H groups in total. The lowest BCUT2D eigenvalue weighted by Gasteiger charge is -2.28. The van der Waals surface area contributed by atoms with E-state index >= 15 is 0 Å². The van der Waals surface area contributed by atoms with Crippen LogP contribution in [0.1, 0.15) is 49.9 Å². The maximum absolute atomic E-state index is 12.4. The third-order valence-corrected chi connectivity index (χ3v) is 7.50. The molecular formula is C24H31F2N5O3S. The molecule has 190 valence electrons. The molecule has 1 aliphatic heterocycles. The number of likely N-dealkylation sites (tertiary alicyclic amines) is 1. The van der Waals surface area contributed by atoms with Crippen molar-refractivity contribution in [3.63, 3.8) is 0 Å². The average molecular weight is 508 g/mol. The summed E-state index contributed by atoms with van der Waals surface area (Å²) >= 11 is 0. The number of sulfonamides is 1. The number of piperidine rings is 1. The first-order valence-electron chi connectivity index (χ1n) is 11.6. The predicted octanol–water partition coefficient (Wildman–Crippen LogP) is 4.51. The number of rotatable bonds is 5. The van der Waals surface area contributed by atoms with Crippen molar-refractivity contribution in [2.45, 2.75) is 50.7 Å². The number of nitrogens with one attached hydrogen (secondary N) is 1. The molecule has 0 radical (unpaired) electrons. The minimum atomic E-state index is -3.33. The molecule has 1 aliphatic carbocycles. The molecule has 2 fully saturated rings. The lowest BCUT2D eigenvalue weighted by atomic mass is 10.1. The fraction of sp³-hybridized carbons (Fsp3) is 0.458. The van der Waals surface area contributed by atoms with Crippen LogP contribution in [-0.2, 0) is 10.0 Å². The summed E-state index contributed by atoms with van der Waals surface area (Å²) in [5.74, 6) is -2.38. The first kappa shape index (κ1) is 26.7. The molecule has 1 saturated carbocycles. The summed E-state index contributed by atoms with van der Waals surface area (Å²) in [7, 11) is -1.46. The first-order valence-corrected chi connectivity index (χ1v) is 13.2. The van der Waals surface area contributed by atoms with Crippen LogP contribution in [0.3, 0.4) is 0 Å². The van der Waals surface area contributed by atoms with Gasteiger partial charge in [0.15, 0.2) is 6.29 Å². The molecule has 1 saturated heterocycles. The Labute approximate surface area is 204 Å². The van der Waals surface area contributed by atoms with Crippen LogP contribution in [0.15, 0.2) is 43.0 Å². The van der Waals surface area contributed by atoms with Gasteiger partial charge in [0.25, 0.3) is 5.92 Å². The van der Waals surface area contributed by atoms with Gasteiger partial charge in [-0.3, -0.25) is 19.1 Å². The van der Waals surface area contributed by atoms with Gasteiger partial charge in [0, 0.05) is 49.3 Å². The topological polar surface area (TPSA) is 97.2 Å². The molecule has 0 unspecified atom stereocenters. The first-order chi connectivity index (χ1) is 16.7. The molecule has 5 rings (SSSR count). The van der Waals surface area contributed by atoms with Gasteiger partial charge in [0.1, 0.15) is 5.65 Å². The molecule has 11 heteroatoms. The van der Waals surface area contributed by atoms with E-state index in [-0.39, 0.29) is 18.1 Å². The van der Waals surface area contributed by atoms with Crippen molar-refractivity contribution >= 4 is 33.0 Å². The smallest absolute Gasteiger partial charge is 0.250 e. The van der Waals surface area contributed by atoms with Gasteiger partial charge < -0.3 is 4.90 Å². The zero-order valence-electron chi connectivity index (χ0n) is 20.1. The summed E-state index contributed by atoms with van der Waals surface area (Å²) in [5, 5.41) is 0.528. The standard InChI is InChI=1S/C16H14N4O3S.C6H11F2N.C2H6/c21-10-11-5-12-3-4-20(16(12)18-7-11)14-6-13(8-17-9-14)19-24(22,23)15-1-2-15;1-9-4-2-6(7,8)3-5-9;1-2/h3-10,15,19H,1-2H2;2-5H2,1H3;1-2H3. The Morgan fingerprint density at radius 1 is 1.11 bits per heavy atom. The van der Waals surface area contributed by atoms with Gasteiger partial charge in [-0.05, 0) is 38.1 Å². The summed E-state index contributed by atoms with van der Waals surface area (Å²) in [6, 6.07) is 5.30. The number of carbonyl (C=O) groups excluding carboxylic acids is 1. The van der Waals surface area contributed by atoms with E-state index in [0.29, 0.717) is 48.5 Å². The van der Waals surface area contributed by atoms with Crippen molar-refractivity contribution in [1.29, 1.82) is 0 Å². The van der Waals surface area contributed by atoms with Gasteiger partial charge in [-0.25, -0.2) is 22.2 Å². The number of hydrogen-bond donors (Lipinski definition) is 1. The van der Waals surface area contributed by atoms with E-state index < -0.39 is 15.9 Å². The Bertz CT molecular complexity index is 1250. The summed E-state index contributed by atoms with van der Waals surface area (Å²) in [4.78, 5) is 21.2. The molecule has 0 spiro atoms. The SMILES string of the molecule is CC.CN1CCC(F)(F)CC1.O=Cc1cnc2c(ccn2-c2cncc(NS(=O)(=O)C3CC3)c2)c1. The molecule has 0 atom stereocenters. The Morgan fingerprint density at radius 2 is 1.80 bits per heavy atom. The third-order valence-electron chi connectivity index (χ3n) is 5.63. The molecule has 3 aromatic heterocycles. The van der Waals surface area contributed by atoms with E-state index in [1.807, 2.05) is 38.1 Å². The molecule has 8 nitrogen and oxygen atoms in total. The van der Waals surface area contributed by atoms with Crippen LogP contribution >= 0.6 is 0 Å². The van der Waals surface area contributed by atoms with Gasteiger partial charge in [-0.2, -0.15) is 0 Å². The van der Waals surface area contributed by atoms with Crippen molar-refractivity contribution < 1.29 is 22.0 Å². The number of halogens is 2. The van der Waals surface area contributed by atoms with Gasteiger partial charge in [-0.15, -0.1) is 0 Å². The van der Waals surface area contributed by atoms with Crippen LogP contribution in [-0.4, -0.2) is 65.4 Å². The number of aromatic nitrogens is 3. The number of anilines is 1. The third kappa shape index (κ3) is 7.04. The second-order valence-electron chi connectivity index (χ2n) is 8.42. The van der Waals surface area contributed by atoms with Crippen LogP contribution in [0.25, 0.3) is 16.7 Å². The second-order valence-corrected chi connectivity index (χ2v) is 10.4. The maximum atomic E-state index is 12.4. The second kappa shape index (κ2) is 11.2. The van der Waals surface area contributed by atoms with Crippen LogP contribution in [0.2, 0.25) is 0 Å². The minimum absolute atomic E-state index is 0.0312. The molecule has 35 heavy (non-hydrogen) atoms. The largest absolute Gasteiger partial charge is 0.306 e. The number of nitrogens with zero attached hydrogens (tertiary/aromatic N) is 4. The monoisotopic (exact) mass is 507 g/mol. The summed E-state index contributed by atoms with van der Waals surface area (Å²) in [5.41, 5.74) is 2.28. The van der Waals surface area contributed by atoms with E-state index in [1.165, 1.54) is 12.4 Å². The van der Waals surface area contributed by atoms with E-state index in [0.717, 1.165) is 11.7 Å². The molecule has 3 aromatic rings. The van der Waals surface area contributed by atoms with E-state index in [4.69, 9.17) is 0 Å². The summed E-state index contributed by atoms with van der Waals surface area (Å²) < 4.78 is 53.2. The molecule has 0 aromatic carbocycles. The Hall–Kier alpha value is -2.92. The van der Waals surface area contributed by atoms with E-state index in [2.05, 4.69) is 14.7 Å². The van der Waals surface area contributed by atoms with Crippen molar-refractivity contribution in [2.24, 2.45) is 0 Å². The summed E-state index contributed by atoms with van der Waals surface area (Å²) in [6.45, 7) is 5.07. The molecule has 0 bridgehead atoms. The normalized spacial score (nSPS) is 17.5. The molecular weight excluding hydrogens is 476 g/mol. The van der Waals surface area contributed by atoms with Crippen LogP contribution in [0.4, 0.5) is 14.5 Å². The number of hydrogen-bond acceptors (Lipinski definition) is 6. The highest BCUT2D eigenvalue weighted by Gasteiger charge is 2.35. The van der Waals surface area contributed by atoms with Crippen molar-refractivity contribution in [1.82, 2.24) is 19.4 Å². The highest BCUT2D eigenvalue weighted by atomic mass is 32.2. The molecule has 0 amide bonds. The quantitative estimate of drug-likeness (QED) is 0.511. The molecule has 4 heterocycles. The fourth-order valence-electron chi connectivity index (χ4n) is 3.50. The van der Waals surface area contributed by atoms with Crippen LogP contribution in [0.5, 0.6) is 0 Å². The number of fused-ring (bicyclic) bond motifs is 1. The Kier molecular flexibility index (Phi) is 8.55. The van der Waals surface area contributed by atoms with Crippen LogP contribution in [0, 0.1) is 0 Å². The summed E-state index contributed by atoms with van der Waals surface area (Å²) in [6.07, 6.45) is 8.63. The highest BCUT2D eigenvalue weighted by molar-refractivity contribution is 7.93. The Morgan fingerprint density at radius 3 is 2.40 bits per heavy atom. The van der Waals surface area contributed by atoms with Gasteiger partial charge in [-0.1, -0.05) is 13.8 Å². The van der Waals surface area contributed by atoms with Crippen molar-refractivity contribution in [3.8, 4) is 5.69 Å². The number of aldehydes is 1.